The van der Waals surface area contributed by atoms with Gasteiger partial charge in [-0.25, -0.2) is 0 Å². The average molecular weight is 304 g/mol. The van der Waals surface area contributed by atoms with Gasteiger partial charge in [0.15, 0.2) is 0 Å². The number of carbonyl (C=O) groups is 1. The maximum absolute atomic E-state index is 12.0. The number of ether oxygens (including phenoxy) is 1. The largest absolute Gasteiger partial charge is 0.379 e. The van der Waals surface area contributed by atoms with Crippen LogP contribution in [0.5, 0.6) is 0 Å². The van der Waals surface area contributed by atoms with E-state index in [1.165, 1.54) is 0 Å². The highest BCUT2D eigenvalue weighted by atomic mass is 16.5. The summed E-state index contributed by atoms with van der Waals surface area (Å²) >= 11 is 0. The molecule has 0 bridgehead atoms. The average Bonchev–Trinajstić information content (AvgIpc) is 3.18. The van der Waals surface area contributed by atoms with Gasteiger partial charge in [0.25, 0.3) is 0 Å². The summed E-state index contributed by atoms with van der Waals surface area (Å²) in [6, 6.07) is 0. The zero-order valence-corrected chi connectivity index (χ0v) is 12.9. The number of nitrogens with one attached hydrogen (secondary N) is 1. The molecule has 1 aliphatic carbocycles. The van der Waals surface area contributed by atoms with E-state index in [0.29, 0.717) is 12.3 Å². The van der Waals surface area contributed by atoms with Gasteiger partial charge >= 0.3 is 0 Å². The van der Waals surface area contributed by atoms with Gasteiger partial charge in [-0.1, -0.05) is 12.2 Å². The number of nitrogens with zero attached hydrogens (tertiary/aromatic N) is 3. The van der Waals surface area contributed by atoms with Crippen molar-refractivity contribution in [1.82, 2.24) is 14.7 Å². The van der Waals surface area contributed by atoms with Crippen LogP contribution >= 0.6 is 0 Å². The Bertz CT molecular complexity index is 520. The smallest absolute Gasteiger partial charge is 0.225 e. The van der Waals surface area contributed by atoms with E-state index in [1.54, 1.807) is 6.20 Å². The minimum Gasteiger partial charge on any atom is -0.379 e. The van der Waals surface area contributed by atoms with Crippen LogP contribution in [0.1, 0.15) is 19.3 Å². The van der Waals surface area contributed by atoms with E-state index in [2.05, 4.69) is 27.5 Å². The molecule has 6 heteroatoms. The van der Waals surface area contributed by atoms with Crippen molar-refractivity contribution in [3.63, 3.8) is 0 Å². The van der Waals surface area contributed by atoms with E-state index in [4.69, 9.17) is 4.74 Å². The van der Waals surface area contributed by atoms with Crippen molar-refractivity contribution in [1.29, 1.82) is 0 Å². The van der Waals surface area contributed by atoms with Crippen LogP contribution in [0.25, 0.3) is 0 Å². The highest BCUT2D eigenvalue weighted by molar-refractivity contribution is 5.90. The van der Waals surface area contributed by atoms with Gasteiger partial charge in [0.2, 0.25) is 5.91 Å². The molecule has 6 nitrogen and oxygen atoms in total. The first kappa shape index (κ1) is 15.2. The Kier molecular flexibility index (Phi) is 5.24. The van der Waals surface area contributed by atoms with Gasteiger partial charge in [0.05, 0.1) is 31.6 Å². The number of hydrogen-bond donors (Lipinski definition) is 1. The summed E-state index contributed by atoms with van der Waals surface area (Å²) in [7, 11) is 0. The van der Waals surface area contributed by atoms with Gasteiger partial charge in [-0.3, -0.25) is 14.4 Å². The fraction of sp³-hybridized carbons (Fsp3) is 0.625. The Morgan fingerprint density at radius 1 is 1.36 bits per heavy atom. The number of morpholine rings is 1. The Labute approximate surface area is 131 Å². The van der Waals surface area contributed by atoms with E-state index in [9.17, 15) is 4.79 Å². The van der Waals surface area contributed by atoms with Gasteiger partial charge < -0.3 is 10.1 Å². The fourth-order valence-electron chi connectivity index (χ4n) is 2.93. The highest BCUT2D eigenvalue weighted by Gasteiger charge is 2.15. The van der Waals surface area contributed by atoms with Crippen molar-refractivity contribution in [2.24, 2.45) is 5.92 Å². The molecular weight excluding hydrogens is 280 g/mol. The quantitative estimate of drug-likeness (QED) is 0.809. The number of hydrogen-bond acceptors (Lipinski definition) is 4. The maximum Gasteiger partial charge on any atom is 0.225 e. The van der Waals surface area contributed by atoms with Crippen molar-refractivity contribution < 1.29 is 9.53 Å². The van der Waals surface area contributed by atoms with Gasteiger partial charge in [-0.2, -0.15) is 5.10 Å². The minimum absolute atomic E-state index is 0.0734. The number of carbonyl (C=O) groups excluding carboxylic acids is 1. The van der Waals surface area contributed by atoms with Crippen LogP contribution in [0.2, 0.25) is 0 Å². The highest BCUT2D eigenvalue weighted by Crippen LogP contribution is 2.20. The van der Waals surface area contributed by atoms with Gasteiger partial charge in [0, 0.05) is 32.3 Å². The number of rotatable bonds is 6. The predicted octanol–water partition coefficient (Wildman–Crippen LogP) is 1.51. The normalized spacial score (nSPS) is 22.1. The van der Waals surface area contributed by atoms with E-state index in [-0.39, 0.29) is 5.91 Å². The van der Waals surface area contributed by atoms with E-state index in [1.807, 2.05) is 10.9 Å². The van der Waals surface area contributed by atoms with Crippen LogP contribution < -0.4 is 5.32 Å². The lowest BCUT2D eigenvalue weighted by Crippen LogP contribution is -2.38. The van der Waals surface area contributed by atoms with Gasteiger partial charge in [0.1, 0.15) is 0 Å². The molecule has 0 spiro atoms. The van der Waals surface area contributed by atoms with Crippen molar-refractivity contribution in [3.05, 3.63) is 24.5 Å². The number of aromatic nitrogens is 2. The number of allylic oxidation sites excluding steroid dienone is 2. The molecule has 2 heterocycles. The molecule has 2 aliphatic rings. The molecule has 3 rings (SSSR count). The third kappa shape index (κ3) is 4.42. The molecule has 1 aromatic rings. The summed E-state index contributed by atoms with van der Waals surface area (Å²) in [5.74, 6) is 0.473. The van der Waals surface area contributed by atoms with Crippen LogP contribution in [-0.2, 0) is 16.1 Å². The topological polar surface area (TPSA) is 59.4 Å². The molecule has 1 saturated heterocycles. The Morgan fingerprint density at radius 3 is 3.00 bits per heavy atom. The number of amides is 1. The van der Waals surface area contributed by atoms with Gasteiger partial charge in [-0.15, -0.1) is 0 Å². The molecule has 1 fully saturated rings. The van der Waals surface area contributed by atoms with Crippen LogP contribution in [0.4, 0.5) is 5.69 Å². The van der Waals surface area contributed by atoms with Crippen molar-refractivity contribution >= 4 is 11.6 Å². The van der Waals surface area contributed by atoms with Crippen molar-refractivity contribution in [2.75, 3.05) is 38.2 Å². The second-order valence-corrected chi connectivity index (χ2v) is 5.96. The molecular formula is C16H24N4O2. The number of anilines is 1. The fourth-order valence-corrected chi connectivity index (χ4v) is 2.93. The first-order chi connectivity index (χ1) is 10.8. The minimum atomic E-state index is 0.0734. The second-order valence-electron chi connectivity index (χ2n) is 5.96. The van der Waals surface area contributed by atoms with Gasteiger partial charge in [-0.05, 0) is 18.8 Å². The summed E-state index contributed by atoms with van der Waals surface area (Å²) in [4.78, 5) is 14.3. The first-order valence-electron chi connectivity index (χ1n) is 8.09. The first-order valence-corrected chi connectivity index (χ1v) is 8.09. The summed E-state index contributed by atoms with van der Waals surface area (Å²) in [6.45, 7) is 5.40. The third-order valence-corrected chi connectivity index (χ3v) is 4.23. The molecule has 120 valence electrons. The molecule has 1 atom stereocenters. The predicted molar refractivity (Wildman–Crippen MR) is 84.6 cm³/mol. The summed E-state index contributed by atoms with van der Waals surface area (Å²) < 4.78 is 7.23. The summed E-state index contributed by atoms with van der Waals surface area (Å²) in [5, 5.41) is 7.25. The molecule has 1 N–H and O–H groups in total. The zero-order valence-electron chi connectivity index (χ0n) is 12.9. The maximum atomic E-state index is 12.0. The van der Waals surface area contributed by atoms with Crippen LogP contribution in [0.15, 0.2) is 24.5 Å². The van der Waals surface area contributed by atoms with E-state index < -0.39 is 0 Å². The molecule has 0 saturated carbocycles. The molecule has 0 aromatic carbocycles. The standard InChI is InChI=1S/C16H24N4O2/c21-16(11-14-3-1-2-4-14)18-15-12-17-20(13-15)6-5-19-7-9-22-10-8-19/h1,3,12-14H,2,4-11H2,(H,18,21)/t14-/m1/s1. The Hall–Kier alpha value is -1.66. The van der Waals surface area contributed by atoms with Crippen molar-refractivity contribution in [3.8, 4) is 0 Å². The Balaban J connectivity index is 1.42. The van der Waals surface area contributed by atoms with Crippen LogP contribution in [0.3, 0.4) is 0 Å². The lowest BCUT2D eigenvalue weighted by molar-refractivity contribution is -0.116. The lowest BCUT2D eigenvalue weighted by Gasteiger charge is -2.26. The van der Waals surface area contributed by atoms with E-state index in [0.717, 1.165) is 57.9 Å². The molecule has 0 unspecified atom stereocenters. The zero-order chi connectivity index (χ0) is 15.2. The van der Waals surface area contributed by atoms with E-state index >= 15 is 0 Å². The molecule has 1 amide bonds. The Morgan fingerprint density at radius 2 is 2.23 bits per heavy atom. The van der Waals surface area contributed by atoms with Crippen molar-refractivity contribution in [2.45, 2.75) is 25.8 Å². The van der Waals surface area contributed by atoms with Crippen LogP contribution in [-0.4, -0.2) is 53.4 Å². The second kappa shape index (κ2) is 7.56. The third-order valence-electron chi connectivity index (χ3n) is 4.23. The summed E-state index contributed by atoms with van der Waals surface area (Å²) in [6.07, 6.45) is 10.7. The monoisotopic (exact) mass is 304 g/mol. The SMILES string of the molecule is O=C(C[C@@H]1C=CCC1)Nc1cnn(CCN2CCOCC2)c1. The molecule has 0 radical (unpaired) electrons. The lowest BCUT2D eigenvalue weighted by atomic mass is 10.1. The van der Waals surface area contributed by atoms with Crippen LogP contribution in [0, 0.1) is 5.92 Å². The molecule has 1 aromatic heterocycles. The molecule has 22 heavy (non-hydrogen) atoms. The molecule has 1 aliphatic heterocycles. The summed E-state index contributed by atoms with van der Waals surface area (Å²) in [5.41, 5.74) is 0.786.